The van der Waals surface area contributed by atoms with Crippen LogP contribution in [0.5, 0.6) is 5.75 Å². The Morgan fingerprint density at radius 2 is 1.74 bits per heavy atom. The first-order valence-electron chi connectivity index (χ1n) is 14.6. The van der Waals surface area contributed by atoms with Crippen LogP contribution in [0.1, 0.15) is 62.1 Å². The summed E-state index contributed by atoms with van der Waals surface area (Å²) in [5.74, 6) is -5.91. The molecular formula is C31H42N4O7. The topological polar surface area (TPSA) is 177 Å². The first-order valence-corrected chi connectivity index (χ1v) is 14.6. The number of phenols is 1. The molecule has 1 unspecified atom stereocenters. The number of nitrogens with zero attached hydrogens (tertiary/aromatic N) is 2. The molecule has 4 aliphatic rings. The van der Waals surface area contributed by atoms with E-state index in [1.807, 2.05) is 25.1 Å². The molecule has 0 bridgehead atoms. The fourth-order valence-electron chi connectivity index (χ4n) is 7.81. The Labute approximate surface area is 245 Å². The molecule has 7 N–H and O–H groups in total. The van der Waals surface area contributed by atoms with Gasteiger partial charge in [-0.2, -0.15) is 0 Å². The SMILES string of the molecule is CN(C)c1cc(CNC2CCCCC2)c(O)c2c1C[C@@]1(C)C[C@H]3C(N(C)C)C(=O)C(C(N)=O)=C(O)[C@@]3(O)C(=O)C1=C2O. The number of phenolic OH excluding ortho intramolecular Hbond substituents is 1. The van der Waals surface area contributed by atoms with Crippen LogP contribution >= 0.6 is 0 Å². The molecule has 1 amide bonds. The van der Waals surface area contributed by atoms with Gasteiger partial charge in [-0.25, -0.2) is 0 Å². The van der Waals surface area contributed by atoms with Crippen molar-refractivity contribution in [2.75, 3.05) is 33.1 Å². The lowest BCUT2D eigenvalue weighted by molar-refractivity contribution is -0.156. The number of benzene rings is 1. The summed E-state index contributed by atoms with van der Waals surface area (Å²) in [6.07, 6.45) is 5.85. The minimum absolute atomic E-state index is 0.0252. The Bertz CT molecular complexity index is 1420. The zero-order valence-corrected chi connectivity index (χ0v) is 25.0. The van der Waals surface area contributed by atoms with Crippen molar-refractivity contribution in [3.05, 3.63) is 39.7 Å². The maximum atomic E-state index is 14.3. The summed E-state index contributed by atoms with van der Waals surface area (Å²) in [6.45, 7) is 2.14. The Morgan fingerprint density at radius 3 is 2.31 bits per heavy atom. The maximum absolute atomic E-state index is 14.3. The number of nitrogens with one attached hydrogen (secondary N) is 1. The summed E-state index contributed by atoms with van der Waals surface area (Å²) in [4.78, 5) is 43.3. The summed E-state index contributed by atoms with van der Waals surface area (Å²) in [7, 11) is 6.90. The van der Waals surface area contributed by atoms with E-state index in [0.717, 1.165) is 31.4 Å². The molecule has 0 spiro atoms. The highest BCUT2D eigenvalue weighted by atomic mass is 16.3. The predicted octanol–water partition coefficient (Wildman–Crippen LogP) is 1.84. The number of anilines is 1. The molecule has 4 atom stereocenters. The van der Waals surface area contributed by atoms with Gasteiger partial charge in [-0.3, -0.25) is 19.3 Å². The lowest BCUT2D eigenvalue weighted by Gasteiger charge is -2.54. The van der Waals surface area contributed by atoms with Gasteiger partial charge in [0.15, 0.2) is 11.4 Å². The number of rotatable bonds is 6. The Hall–Kier alpha value is -3.41. The number of ketones is 2. The van der Waals surface area contributed by atoms with E-state index in [0.29, 0.717) is 23.7 Å². The molecule has 0 aromatic heterocycles. The summed E-state index contributed by atoms with van der Waals surface area (Å²) in [5, 5.41) is 49.9. The second kappa shape index (κ2) is 10.4. The van der Waals surface area contributed by atoms with Crippen molar-refractivity contribution in [2.45, 2.75) is 76.1 Å². The third-order valence-electron chi connectivity index (χ3n) is 9.85. The molecule has 2 fully saturated rings. The summed E-state index contributed by atoms with van der Waals surface area (Å²) in [5.41, 5.74) is 2.79. The fraction of sp³-hybridized carbons (Fsp3) is 0.581. The molecule has 2 saturated carbocycles. The van der Waals surface area contributed by atoms with E-state index < -0.39 is 57.5 Å². The molecule has 11 heteroatoms. The van der Waals surface area contributed by atoms with E-state index in [2.05, 4.69) is 5.32 Å². The van der Waals surface area contributed by atoms with Crippen LogP contribution in [0.15, 0.2) is 23.0 Å². The Balaban J connectivity index is 1.69. The van der Waals surface area contributed by atoms with Crippen molar-refractivity contribution in [3.63, 3.8) is 0 Å². The first-order chi connectivity index (χ1) is 19.6. The van der Waals surface area contributed by atoms with E-state index in [1.54, 1.807) is 21.0 Å². The standard InChI is InChI=1S/C31H42N4O7/c1-30-12-17-19(34(2)3)11-15(14-33-16-9-7-6-8-10-16)24(36)20(17)25(37)22(30)28(40)31(42)18(13-30)23(35(4)5)26(38)21(27(31)39)29(32)41/h11,16,18,23,33,36-37,39,42H,6-10,12-14H2,1-5H3,(H2,32,41)/t18-,23?,30-,31+/m0/s1. The van der Waals surface area contributed by atoms with Gasteiger partial charge in [-0.15, -0.1) is 0 Å². The third-order valence-corrected chi connectivity index (χ3v) is 9.85. The van der Waals surface area contributed by atoms with Crippen LogP contribution in [0.2, 0.25) is 0 Å². The molecule has 1 aromatic rings. The third kappa shape index (κ3) is 4.32. The first kappa shape index (κ1) is 30.1. The molecule has 0 radical (unpaired) electrons. The predicted molar refractivity (Wildman–Crippen MR) is 157 cm³/mol. The highest BCUT2D eigenvalue weighted by Crippen LogP contribution is 2.59. The normalized spacial score (nSPS) is 29.9. The van der Waals surface area contributed by atoms with Crippen molar-refractivity contribution in [1.29, 1.82) is 0 Å². The van der Waals surface area contributed by atoms with Crippen LogP contribution in [0, 0.1) is 11.3 Å². The average Bonchev–Trinajstić information content (AvgIpc) is 2.90. The van der Waals surface area contributed by atoms with Gasteiger partial charge in [0.05, 0.1) is 11.6 Å². The lowest BCUT2D eigenvalue weighted by Crippen LogP contribution is -2.67. The van der Waals surface area contributed by atoms with E-state index in [4.69, 9.17) is 5.73 Å². The molecule has 42 heavy (non-hydrogen) atoms. The van der Waals surface area contributed by atoms with Gasteiger partial charge in [-0.1, -0.05) is 26.2 Å². The Morgan fingerprint density at radius 1 is 1.10 bits per heavy atom. The highest BCUT2D eigenvalue weighted by Gasteiger charge is 2.66. The monoisotopic (exact) mass is 582 g/mol. The number of likely N-dealkylation sites (N-methyl/N-ethyl adjacent to an activating group) is 1. The second-order valence-electron chi connectivity index (χ2n) is 13.1. The number of fused-ring (bicyclic) bond motifs is 3. The number of carbonyl (C=O) groups excluding carboxylic acids is 3. The number of Topliss-reactive ketones (excluding diaryl/α,β-unsaturated/α-hetero) is 2. The van der Waals surface area contributed by atoms with Crippen molar-refractivity contribution in [1.82, 2.24) is 10.2 Å². The molecule has 5 rings (SSSR count). The number of aromatic hydroxyl groups is 1. The number of aliphatic hydroxyl groups excluding tert-OH is 2. The van der Waals surface area contributed by atoms with Gasteiger partial charge in [0.25, 0.3) is 5.91 Å². The van der Waals surface area contributed by atoms with Crippen LogP contribution in [-0.4, -0.2) is 88.7 Å². The van der Waals surface area contributed by atoms with Crippen LogP contribution in [0.25, 0.3) is 5.76 Å². The van der Waals surface area contributed by atoms with E-state index in [1.165, 1.54) is 11.3 Å². The van der Waals surface area contributed by atoms with Gasteiger partial charge >= 0.3 is 0 Å². The number of hydrogen-bond acceptors (Lipinski definition) is 10. The minimum Gasteiger partial charge on any atom is -0.508 e. The number of hydrogen-bond donors (Lipinski definition) is 6. The van der Waals surface area contributed by atoms with Crippen LogP contribution in [0.4, 0.5) is 5.69 Å². The molecular weight excluding hydrogens is 540 g/mol. The van der Waals surface area contributed by atoms with Gasteiger partial charge < -0.3 is 36.4 Å². The van der Waals surface area contributed by atoms with Crippen LogP contribution in [0.3, 0.4) is 0 Å². The molecule has 4 aliphatic carbocycles. The summed E-state index contributed by atoms with van der Waals surface area (Å²) >= 11 is 0. The quantitative estimate of drug-likeness (QED) is 0.271. The highest BCUT2D eigenvalue weighted by molar-refractivity contribution is 6.24. The van der Waals surface area contributed by atoms with E-state index in [9.17, 15) is 34.8 Å². The molecule has 228 valence electrons. The molecule has 1 aromatic carbocycles. The lowest BCUT2D eigenvalue weighted by atomic mass is 9.52. The van der Waals surface area contributed by atoms with Gasteiger partial charge in [0.2, 0.25) is 5.78 Å². The fourth-order valence-corrected chi connectivity index (χ4v) is 7.81. The number of primary amides is 1. The minimum atomic E-state index is -2.67. The molecule has 0 aliphatic heterocycles. The van der Waals surface area contributed by atoms with Gasteiger partial charge in [0.1, 0.15) is 22.8 Å². The number of carbonyl (C=O) groups is 3. The number of nitrogens with two attached hydrogens (primary N) is 1. The second-order valence-corrected chi connectivity index (χ2v) is 13.1. The Kier molecular flexibility index (Phi) is 7.44. The van der Waals surface area contributed by atoms with Gasteiger partial charge in [-0.05, 0) is 51.4 Å². The van der Waals surface area contributed by atoms with E-state index >= 15 is 0 Å². The average molecular weight is 583 g/mol. The van der Waals surface area contributed by atoms with Crippen LogP contribution < -0.4 is 16.0 Å². The molecule has 0 heterocycles. The summed E-state index contributed by atoms with van der Waals surface area (Å²) < 4.78 is 0. The summed E-state index contributed by atoms with van der Waals surface area (Å²) in [6, 6.07) is 1.09. The maximum Gasteiger partial charge on any atom is 0.255 e. The molecule has 0 saturated heterocycles. The van der Waals surface area contributed by atoms with Crippen molar-refractivity contribution in [3.8, 4) is 5.75 Å². The zero-order chi connectivity index (χ0) is 30.9. The van der Waals surface area contributed by atoms with Crippen molar-refractivity contribution >= 4 is 28.9 Å². The van der Waals surface area contributed by atoms with Crippen molar-refractivity contribution < 1.29 is 34.8 Å². The number of aliphatic hydroxyl groups is 3. The van der Waals surface area contributed by atoms with E-state index in [-0.39, 0.29) is 29.7 Å². The van der Waals surface area contributed by atoms with Crippen molar-refractivity contribution in [2.24, 2.45) is 17.1 Å². The smallest absolute Gasteiger partial charge is 0.255 e. The van der Waals surface area contributed by atoms with Crippen LogP contribution in [-0.2, 0) is 27.3 Å². The zero-order valence-electron chi connectivity index (χ0n) is 25.0. The van der Waals surface area contributed by atoms with Gasteiger partial charge in [0, 0.05) is 54.8 Å². The number of amides is 1. The molecule has 11 nitrogen and oxygen atoms in total. The largest absolute Gasteiger partial charge is 0.508 e.